The van der Waals surface area contributed by atoms with Crippen LogP contribution in [-0.2, 0) is 14.8 Å². The molecule has 8 heteroatoms. The average Bonchev–Trinajstić information content (AvgIpc) is 3.19. The van der Waals surface area contributed by atoms with E-state index in [4.69, 9.17) is 0 Å². The van der Waals surface area contributed by atoms with Crippen molar-refractivity contribution in [1.82, 2.24) is 4.98 Å². The van der Waals surface area contributed by atoms with E-state index in [0.29, 0.717) is 18.1 Å². The van der Waals surface area contributed by atoms with Gasteiger partial charge in [0.2, 0.25) is 5.91 Å². The van der Waals surface area contributed by atoms with E-state index in [9.17, 15) is 13.2 Å². The summed E-state index contributed by atoms with van der Waals surface area (Å²) in [6, 6.07) is 12.2. The second kappa shape index (κ2) is 6.37. The second-order valence-corrected chi connectivity index (χ2v) is 8.95. The monoisotopic (exact) mass is 387 g/mol. The van der Waals surface area contributed by atoms with Gasteiger partial charge in [0.15, 0.2) is 5.13 Å². The van der Waals surface area contributed by atoms with Crippen molar-refractivity contribution < 1.29 is 13.2 Å². The van der Waals surface area contributed by atoms with Gasteiger partial charge in [-0.1, -0.05) is 17.4 Å². The summed E-state index contributed by atoms with van der Waals surface area (Å²) in [5, 5.41) is 0.337. The molecule has 1 saturated heterocycles. The van der Waals surface area contributed by atoms with Crippen molar-refractivity contribution in [2.75, 3.05) is 16.2 Å². The summed E-state index contributed by atoms with van der Waals surface area (Å²) in [7, 11) is -3.73. The highest BCUT2D eigenvalue weighted by molar-refractivity contribution is 7.93. The number of hydrogen-bond donors (Lipinski definition) is 1. The summed E-state index contributed by atoms with van der Waals surface area (Å²) in [5.41, 5.74) is 2.59. The van der Waals surface area contributed by atoms with Crippen LogP contribution in [0.5, 0.6) is 0 Å². The normalized spacial score (nSPS) is 15.0. The molecule has 1 aromatic heterocycles. The van der Waals surface area contributed by atoms with Gasteiger partial charge in [-0.3, -0.25) is 9.52 Å². The number of carbonyl (C=O) groups excluding carboxylic acids is 1. The van der Waals surface area contributed by atoms with Gasteiger partial charge in [0.05, 0.1) is 15.1 Å². The van der Waals surface area contributed by atoms with Crippen LogP contribution in [0.2, 0.25) is 0 Å². The molecule has 1 fully saturated rings. The summed E-state index contributed by atoms with van der Waals surface area (Å²) >= 11 is 1.30. The third kappa shape index (κ3) is 3.17. The molecule has 0 radical (unpaired) electrons. The Morgan fingerprint density at radius 1 is 1.15 bits per heavy atom. The number of nitrogens with zero attached hydrogens (tertiary/aromatic N) is 2. The van der Waals surface area contributed by atoms with Crippen molar-refractivity contribution in [3.05, 3.63) is 48.0 Å². The summed E-state index contributed by atoms with van der Waals surface area (Å²) in [6.45, 7) is 2.66. The number of hydrogen-bond acceptors (Lipinski definition) is 5. The van der Waals surface area contributed by atoms with E-state index in [1.807, 2.05) is 25.1 Å². The largest absolute Gasteiger partial charge is 0.312 e. The number of benzene rings is 2. The minimum absolute atomic E-state index is 0.0727. The average molecular weight is 387 g/mol. The van der Waals surface area contributed by atoms with Gasteiger partial charge < -0.3 is 4.90 Å². The van der Waals surface area contributed by atoms with Gasteiger partial charge in [-0.15, -0.1) is 0 Å². The van der Waals surface area contributed by atoms with Gasteiger partial charge >= 0.3 is 0 Å². The van der Waals surface area contributed by atoms with Gasteiger partial charge in [0.1, 0.15) is 0 Å². The molecule has 1 aliphatic rings. The maximum Gasteiger partial charge on any atom is 0.263 e. The first kappa shape index (κ1) is 17.0. The highest BCUT2D eigenvalue weighted by atomic mass is 32.2. The topological polar surface area (TPSA) is 79.4 Å². The predicted octanol–water partition coefficient (Wildman–Crippen LogP) is 3.53. The smallest absolute Gasteiger partial charge is 0.263 e. The van der Waals surface area contributed by atoms with Gasteiger partial charge in [-0.05, 0) is 55.3 Å². The van der Waals surface area contributed by atoms with Crippen LogP contribution in [0, 0.1) is 6.92 Å². The Bertz CT molecular complexity index is 1090. The Hall–Kier alpha value is -2.45. The molecule has 134 valence electrons. The van der Waals surface area contributed by atoms with Gasteiger partial charge in [0, 0.05) is 18.7 Å². The zero-order valence-corrected chi connectivity index (χ0v) is 15.7. The van der Waals surface area contributed by atoms with Crippen LogP contribution >= 0.6 is 11.3 Å². The maximum absolute atomic E-state index is 12.6. The van der Waals surface area contributed by atoms with Crippen molar-refractivity contribution >= 4 is 48.3 Å². The number of aromatic nitrogens is 1. The van der Waals surface area contributed by atoms with E-state index in [1.165, 1.54) is 23.5 Å². The predicted molar refractivity (Wildman–Crippen MR) is 103 cm³/mol. The zero-order chi connectivity index (χ0) is 18.3. The fraction of sp³-hybridized carbons (Fsp3) is 0.222. The maximum atomic E-state index is 12.6. The third-order valence-corrected chi connectivity index (χ3v) is 6.72. The standard InChI is InChI=1S/C18H17N3O3S2/c1-12-4-9-15-16(11-12)25-18(19-15)20-26(23,24)14-7-5-13(6-8-14)21-10-2-3-17(21)22/h4-9,11H,2-3,10H2,1H3,(H,19,20). The van der Waals surface area contributed by atoms with E-state index in [1.54, 1.807) is 17.0 Å². The molecule has 6 nitrogen and oxygen atoms in total. The molecule has 2 aromatic carbocycles. The van der Waals surface area contributed by atoms with Gasteiger partial charge in [-0.2, -0.15) is 0 Å². The van der Waals surface area contributed by atoms with Crippen molar-refractivity contribution in [1.29, 1.82) is 0 Å². The van der Waals surface area contributed by atoms with E-state index in [-0.39, 0.29) is 10.8 Å². The van der Waals surface area contributed by atoms with Crippen LogP contribution in [0.1, 0.15) is 18.4 Å². The van der Waals surface area contributed by atoms with Crippen LogP contribution in [-0.4, -0.2) is 25.9 Å². The molecule has 1 aliphatic heterocycles. The number of rotatable bonds is 4. The van der Waals surface area contributed by atoms with Crippen LogP contribution < -0.4 is 9.62 Å². The molecular weight excluding hydrogens is 370 g/mol. The Morgan fingerprint density at radius 3 is 2.62 bits per heavy atom. The number of nitrogens with one attached hydrogen (secondary N) is 1. The van der Waals surface area contributed by atoms with E-state index in [0.717, 1.165) is 27.9 Å². The summed E-state index contributed by atoms with van der Waals surface area (Å²) in [5.74, 6) is 0.0727. The summed E-state index contributed by atoms with van der Waals surface area (Å²) in [4.78, 5) is 17.9. The lowest BCUT2D eigenvalue weighted by Crippen LogP contribution is -2.23. The number of fused-ring (bicyclic) bond motifs is 1. The van der Waals surface area contributed by atoms with Crippen LogP contribution in [0.15, 0.2) is 47.4 Å². The number of anilines is 2. The van der Waals surface area contributed by atoms with Crippen molar-refractivity contribution in [3.8, 4) is 0 Å². The second-order valence-electron chi connectivity index (χ2n) is 6.24. The molecule has 0 spiro atoms. The van der Waals surface area contributed by atoms with Gasteiger partial charge in [0.25, 0.3) is 10.0 Å². The number of sulfonamides is 1. The number of carbonyl (C=O) groups is 1. The lowest BCUT2D eigenvalue weighted by molar-refractivity contribution is -0.117. The first-order valence-corrected chi connectivity index (χ1v) is 10.5. The Kier molecular flexibility index (Phi) is 4.16. The molecule has 0 bridgehead atoms. The molecule has 0 saturated carbocycles. The number of aryl methyl sites for hydroxylation is 1. The highest BCUT2D eigenvalue weighted by Gasteiger charge is 2.23. The molecule has 2 heterocycles. The highest BCUT2D eigenvalue weighted by Crippen LogP contribution is 2.29. The van der Waals surface area contributed by atoms with Crippen LogP contribution in [0.4, 0.5) is 10.8 Å². The minimum atomic E-state index is -3.73. The molecule has 26 heavy (non-hydrogen) atoms. The van der Waals surface area contributed by atoms with Gasteiger partial charge in [-0.25, -0.2) is 13.4 Å². The van der Waals surface area contributed by atoms with Crippen LogP contribution in [0.3, 0.4) is 0 Å². The molecule has 4 rings (SSSR count). The van der Waals surface area contributed by atoms with Crippen LogP contribution in [0.25, 0.3) is 10.2 Å². The minimum Gasteiger partial charge on any atom is -0.312 e. The summed E-state index contributed by atoms with van der Waals surface area (Å²) < 4.78 is 28.7. The first-order valence-electron chi connectivity index (χ1n) is 8.23. The summed E-state index contributed by atoms with van der Waals surface area (Å²) in [6.07, 6.45) is 1.37. The molecule has 0 aliphatic carbocycles. The van der Waals surface area contributed by atoms with Crippen molar-refractivity contribution in [3.63, 3.8) is 0 Å². The molecule has 1 amide bonds. The first-order chi connectivity index (χ1) is 12.4. The van der Waals surface area contributed by atoms with E-state index < -0.39 is 10.0 Å². The van der Waals surface area contributed by atoms with E-state index in [2.05, 4.69) is 9.71 Å². The third-order valence-electron chi connectivity index (χ3n) is 4.30. The SMILES string of the molecule is Cc1ccc2nc(NS(=O)(=O)c3ccc(N4CCCC4=O)cc3)sc2c1. The lowest BCUT2D eigenvalue weighted by atomic mass is 10.2. The fourth-order valence-electron chi connectivity index (χ4n) is 2.98. The zero-order valence-electron chi connectivity index (χ0n) is 14.1. The van der Waals surface area contributed by atoms with Crippen molar-refractivity contribution in [2.45, 2.75) is 24.7 Å². The lowest BCUT2D eigenvalue weighted by Gasteiger charge is -2.16. The number of thiazole rings is 1. The quantitative estimate of drug-likeness (QED) is 0.743. The molecule has 0 unspecified atom stereocenters. The molecular formula is C18H17N3O3S2. The van der Waals surface area contributed by atoms with E-state index >= 15 is 0 Å². The molecule has 3 aromatic rings. The Labute approximate surface area is 155 Å². The Balaban J connectivity index is 1.58. The molecule has 0 atom stereocenters. The molecule has 1 N–H and O–H groups in total. The van der Waals surface area contributed by atoms with Crippen molar-refractivity contribution in [2.24, 2.45) is 0 Å². The fourth-order valence-corrected chi connectivity index (χ4v) is 5.17. The Morgan fingerprint density at radius 2 is 1.92 bits per heavy atom. The number of amides is 1.